The van der Waals surface area contributed by atoms with Crippen LogP contribution in [-0.4, -0.2) is 40.9 Å². The molecule has 0 aliphatic heterocycles. The van der Waals surface area contributed by atoms with E-state index in [0.717, 1.165) is 0 Å². The average Bonchev–Trinajstić information content (AvgIpc) is 2.22. The van der Waals surface area contributed by atoms with Gasteiger partial charge in [-0.05, 0) is 0 Å². The number of carboxylic acid groups (broad SMARTS) is 1. The van der Waals surface area contributed by atoms with Gasteiger partial charge in [-0.25, -0.2) is 9.18 Å². The van der Waals surface area contributed by atoms with Crippen LogP contribution in [0, 0.1) is 0 Å². The fraction of sp³-hybridized carbons (Fsp3) is 0.625. The molecule has 0 saturated carbocycles. The lowest BCUT2D eigenvalue weighted by atomic mass is 9.87. The van der Waals surface area contributed by atoms with Crippen LogP contribution in [0.25, 0.3) is 0 Å². The number of aliphatic carboxylic acids is 1. The molecule has 2 nitrogen and oxygen atoms in total. The number of carboxylic acids is 1. The van der Waals surface area contributed by atoms with Crippen molar-refractivity contribution in [3.63, 3.8) is 0 Å². The zero-order chi connectivity index (χ0) is 19.2. The lowest BCUT2D eigenvalue weighted by Crippen LogP contribution is -2.70. The Balaban J connectivity index is 6.75. The smallest absolute Gasteiger partial charge is 0.438 e. The number of alkyl halides is 11. The highest BCUT2D eigenvalue weighted by Crippen LogP contribution is 2.60. The first-order chi connectivity index (χ1) is 9.76. The van der Waals surface area contributed by atoms with E-state index < -0.39 is 47.5 Å². The number of halogens is 13. The Kier molecular flexibility index (Phi) is 5.03. The van der Waals surface area contributed by atoms with Gasteiger partial charge in [-0.15, -0.1) is 0 Å². The molecular weight excluding hydrogens is 375 g/mol. The molecule has 0 radical (unpaired) electrons. The van der Waals surface area contributed by atoms with Gasteiger partial charge in [0, 0.05) is 0 Å². The summed E-state index contributed by atoms with van der Waals surface area (Å²) in [6.45, 7) is 0. The predicted octanol–water partition coefficient (Wildman–Crippen LogP) is 4.33. The number of hydrogen-bond donors (Lipinski definition) is 1. The lowest BCUT2D eigenvalue weighted by molar-refractivity contribution is -0.422. The molecule has 15 heteroatoms. The molecule has 136 valence electrons. The molecule has 0 unspecified atom stereocenters. The quantitative estimate of drug-likeness (QED) is 0.586. The summed E-state index contributed by atoms with van der Waals surface area (Å²) in [5.74, 6) is -19.0. The van der Waals surface area contributed by atoms with Gasteiger partial charge in [-0.1, -0.05) is 0 Å². The van der Waals surface area contributed by atoms with E-state index in [2.05, 4.69) is 0 Å². The van der Waals surface area contributed by atoms with E-state index in [1.54, 1.807) is 0 Å². The molecule has 0 fully saturated rings. The van der Waals surface area contributed by atoms with Crippen molar-refractivity contribution in [2.24, 2.45) is 0 Å². The minimum atomic E-state index is -8.01. The Bertz CT molecular complexity index is 493. The molecule has 23 heavy (non-hydrogen) atoms. The van der Waals surface area contributed by atoms with E-state index in [-0.39, 0.29) is 0 Å². The molecule has 0 aromatic carbocycles. The SMILES string of the molecule is O=C(O)C(=C(F)F)C(F)(F)C(F)(F)C(F)(C(F)(F)F)C(F)(F)F. The fourth-order valence-electron chi connectivity index (χ4n) is 1.22. The Morgan fingerprint density at radius 3 is 1.17 bits per heavy atom. The van der Waals surface area contributed by atoms with Crippen LogP contribution in [0.1, 0.15) is 0 Å². The molecule has 0 saturated heterocycles. The van der Waals surface area contributed by atoms with Gasteiger partial charge in [-0.2, -0.15) is 52.7 Å². The van der Waals surface area contributed by atoms with Gasteiger partial charge in [0.05, 0.1) is 0 Å². The lowest BCUT2D eigenvalue weighted by Gasteiger charge is -2.39. The number of carbonyl (C=O) groups is 1. The predicted molar refractivity (Wildman–Crippen MR) is 42.7 cm³/mol. The van der Waals surface area contributed by atoms with E-state index in [0.29, 0.717) is 0 Å². The summed E-state index contributed by atoms with van der Waals surface area (Å²) in [5, 5.41) is 7.88. The van der Waals surface area contributed by atoms with E-state index in [1.165, 1.54) is 0 Å². The maximum absolute atomic E-state index is 13.0. The van der Waals surface area contributed by atoms with Crippen LogP contribution in [0.2, 0.25) is 0 Å². The summed E-state index contributed by atoms with van der Waals surface area (Å²) in [5.41, 5.74) is -12.1. The standard InChI is InChI=1S/C8HF13O2/c9-2(10)1(3(22)23)4(11,12)6(14,15)5(13,7(16,17)18)8(19,20)21/h(H,22,23). The van der Waals surface area contributed by atoms with Gasteiger partial charge < -0.3 is 5.11 Å². The molecule has 0 spiro atoms. The molecule has 0 aromatic heterocycles. The maximum Gasteiger partial charge on any atom is 0.438 e. The molecule has 1 N–H and O–H groups in total. The highest BCUT2D eigenvalue weighted by molar-refractivity contribution is 5.89. The second-order valence-electron chi connectivity index (χ2n) is 3.74. The second-order valence-corrected chi connectivity index (χ2v) is 3.74. The van der Waals surface area contributed by atoms with Crippen LogP contribution in [0.4, 0.5) is 57.1 Å². The minimum Gasteiger partial charge on any atom is -0.478 e. The third kappa shape index (κ3) is 2.91. The largest absolute Gasteiger partial charge is 0.478 e. The average molecular weight is 376 g/mol. The Labute approximate surface area is 116 Å². The first kappa shape index (κ1) is 21.3. The van der Waals surface area contributed by atoms with Crippen LogP contribution in [0.15, 0.2) is 11.7 Å². The van der Waals surface area contributed by atoms with E-state index in [1.807, 2.05) is 0 Å². The van der Waals surface area contributed by atoms with Crippen LogP contribution in [0.3, 0.4) is 0 Å². The highest BCUT2D eigenvalue weighted by atomic mass is 19.4. The topological polar surface area (TPSA) is 37.3 Å². The summed E-state index contributed by atoms with van der Waals surface area (Å²) in [4.78, 5) is 10.0. The van der Waals surface area contributed by atoms with Gasteiger partial charge in [0.25, 0.3) is 6.08 Å². The summed E-state index contributed by atoms with van der Waals surface area (Å²) in [7, 11) is 0. The van der Waals surface area contributed by atoms with Crippen LogP contribution in [-0.2, 0) is 4.79 Å². The summed E-state index contributed by atoms with van der Waals surface area (Å²) >= 11 is 0. The zero-order valence-corrected chi connectivity index (χ0v) is 9.77. The van der Waals surface area contributed by atoms with Crippen molar-refractivity contribution in [1.29, 1.82) is 0 Å². The molecule has 0 rings (SSSR count). The summed E-state index contributed by atoms with van der Waals surface area (Å²) < 4.78 is 161. The first-order valence-corrected chi connectivity index (χ1v) is 4.63. The van der Waals surface area contributed by atoms with Gasteiger partial charge in [0.1, 0.15) is 0 Å². The van der Waals surface area contributed by atoms with Crippen LogP contribution < -0.4 is 0 Å². The third-order valence-electron chi connectivity index (χ3n) is 2.33. The monoisotopic (exact) mass is 376 g/mol. The zero-order valence-electron chi connectivity index (χ0n) is 9.77. The van der Waals surface area contributed by atoms with Crippen molar-refractivity contribution < 1.29 is 67.0 Å². The van der Waals surface area contributed by atoms with Crippen molar-refractivity contribution >= 4 is 5.97 Å². The molecule has 0 bridgehead atoms. The molecule has 0 atom stereocenters. The Morgan fingerprint density at radius 1 is 0.696 bits per heavy atom. The van der Waals surface area contributed by atoms with Crippen molar-refractivity contribution in [2.75, 3.05) is 0 Å². The van der Waals surface area contributed by atoms with Gasteiger partial charge in [-0.3, -0.25) is 0 Å². The van der Waals surface area contributed by atoms with Crippen LogP contribution >= 0.6 is 0 Å². The van der Waals surface area contributed by atoms with E-state index >= 15 is 0 Å². The van der Waals surface area contributed by atoms with Gasteiger partial charge >= 0.3 is 35.8 Å². The third-order valence-corrected chi connectivity index (χ3v) is 2.33. The Morgan fingerprint density at radius 2 is 1.00 bits per heavy atom. The molecule has 0 aromatic rings. The molecule has 0 heterocycles. The summed E-state index contributed by atoms with van der Waals surface area (Å²) in [6.07, 6.45) is -19.7. The van der Waals surface area contributed by atoms with Crippen molar-refractivity contribution in [2.45, 2.75) is 29.9 Å². The Hall–Kier alpha value is -1.70. The second kappa shape index (κ2) is 5.43. The maximum atomic E-state index is 13.0. The molecule has 0 amide bonds. The summed E-state index contributed by atoms with van der Waals surface area (Å²) in [6, 6.07) is 0. The first-order valence-electron chi connectivity index (χ1n) is 4.63. The number of rotatable bonds is 4. The normalized spacial score (nSPS) is 14.7. The van der Waals surface area contributed by atoms with Crippen molar-refractivity contribution in [3.8, 4) is 0 Å². The molecule has 0 aliphatic rings. The van der Waals surface area contributed by atoms with Gasteiger partial charge in [0.2, 0.25) is 0 Å². The van der Waals surface area contributed by atoms with E-state index in [4.69, 9.17) is 5.11 Å². The van der Waals surface area contributed by atoms with E-state index in [9.17, 15) is 61.9 Å². The highest BCUT2D eigenvalue weighted by Gasteiger charge is 2.91. The molecule has 0 aliphatic carbocycles. The minimum absolute atomic E-state index is 3.68. The number of hydrogen-bond acceptors (Lipinski definition) is 1. The van der Waals surface area contributed by atoms with Gasteiger partial charge in [0.15, 0.2) is 5.57 Å². The molecular formula is C8HF13O2. The van der Waals surface area contributed by atoms with Crippen molar-refractivity contribution in [1.82, 2.24) is 0 Å². The van der Waals surface area contributed by atoms with Crippen LogP contribution in [0.5, 0.6) is 0 Å². The van der Waals surface area contributed by atoms with Crippen molar-refractivity contribution in [3.05, 3.63) is 11.7 Å². The fourth-order valence-corrected chi connectivity index (χ4v) is 1.22.